The number of pyridine rings is 1. The maximum absolute atomic E-state index is 11.7. The summed E-state index contributed by atoms with van der Waals surface area (Å²) in [4.78, 5) is 23.4. The van der Waals surface area contributed by atoms with Crippen molar-refractivity contribution in [3.8, 4) is 0 Å². The van der Waals surface area contributed by atoms with Gasteiger partial charge >= 0.3 is 5.69 Å². The van der Waals surface area contributed by atoms with Gasteiger partial charge in [-0.3, -0.25) is 10.1 Å². The average Bonchev–Trinajstić information content (AvgIpc) is 2.62. The van der Waals surface area contributed by atoms with E-state index < -0.39 is 4.92 Å². The molecule has 0 unspecified atom stereocenters. The van der Waals surface area contributed by atoms with Crippen molar-refractivity contribution in [3.05, 3.63) is 70.2 Å². The molecule has 0 fully saturated rings. The largest absolute Gasteiger partial charge is 0.353 e. The lowest BCUT2D eigenvalue weighted by Gasteiger charge is -2.12. The SMILES string of the molecule is CCc1ccccc1Nc1ncnc(Nc2cc(C)ccn2)c1[N+](=O)[O-]. The Hall–Kier alpha value is -3.55. The highest BCUT2D eigenvalue weighted by atomic mass is 16.6. The second-order valence-electron chi connectivity index (χ2n) is 5.66. The predicted molar refractivity (Wildman–Crippen MR) is 100 cm³/mol. The van der Waals surface area contributed by atoms with Gasteiger partial charge in [-0.15, -0.1) is 0 Å². The van der Waals surface area contributed by atoms with E-state index >= 15 is 0 Å². The summed E-state index contributed by atoms with van der Waals surface area (Å²) in [5, 5.41) is 17.6. The molecule has 0 bridgehead atoms. The van der Waals surface area contributed by atoms with E-state index in [2.05, 4.69) is 25.6 Å². The summed E-state index contributed by atoms with van der Waals surface area (Å²) in [6, 6.07) is 11.2. The molecule has 132 valence electrons. The number of nitrogens with one attached hydrogen (secondary N) is 2. The van der Waals surface area contributed by atoms with Gasteiger partial charge in [0.2, 0.25) is 11.6 Å². The molecule has 1 aromatic carbocycles. The van der Waals surface area contributed by atoms with E-state index in [0.717, 1.165) is 23.2 Å². The Morgan fingerprint density at radius 3 is 2.50 bits per heavy atom. The van der Waals surface area contributed by atoms with Crippen molar-refractivity contribution >= 4 is 28.8 Å². The van der Waals surface area contributed by atoms with Gasteiger partial charge < -0.3 is 10.6 Å². The van der Waals surface area contributed by atoms with Gasteiger partial charge in [0.05, 0.1) is 4.92 Å². The maximum atomic E-state index is 11.7. The van der Waals surface area contributed by atoms with Crippen molar-refractivity contribution in [2.24, 2.45) is 0 Å². The van der Waals surface area contributed by atoms with Crippen LogP contribution in [0.4, 0.5) is 28.8 Å². The van der Waals surface area contributed by atoms with Gasteiger partial charge in [0.15, 0.2) is 0 Å². The number of hydrogen-bond donors (Lipinski definition) is 2. The third-order valence-corrected chi connectivity index (χ3v) is 3.82. The van der Waals surface area contributed by atoms with Crippen molar-refractivity contribution in [2.75, 3.05) is 10.6 Å². The Morgan fingerprint density at radius 1 is 1.08 bits per heavy atom. The van der Waals surface area contributed by atoms with Gasteiger partial charge in [0.25, 0.3) is 0 Å². The third-order valence-electron chi connectivity index (χ3n) is 3.82. The number of rotatable bonds is 6. The minimum absolute atomic E-state index is 0.0829. The van der Waals surface area contributed by atoms with Crippen LogP contribution in [0.5, 0.6) is 0 Å². The first-order valence-corrected chi connectivity index (χ1v) is 8.12. The fraction of sp³-hybridized carbons (Fsp3) is 0.167. The summed E-state index contributed by atoms with van der Waals surface area (Å²) in [5.41, 5.74) is 2.56. The van der Waals surface area contributed by atoms with Crippen LogP contribution >= 0.6 is 0 Å². The van der Waals surface area contributed by atoms with Crippen LogP contribution in [0.25, 0.3) is 0 Å². The molecule has 2 heterocycles. The molecule has 8 heteroatoms. The topological polar surface area (TPSA) is 106 Å². The molecule has 0 saturated carbocycles. The summed E-state index contributed by atoms with van der Waals surface area (Å²) in [6.45, 7) is 3.93. The Kier molecular flexibility index (Phi) is 5.02. The van der Waals surface area contributed by atoms with E-state index in [9.17, 15) is 10.1 Å². The van der Waals surface area contributed by atoms with E-state index in [-0.39, 0.29) is 17.3 Å². The highest BCUT2D eigenvalue weighted by molar-refractivity contribution is 5.76. The zero-order valence-corrected chi connectivity index (χ0v) is 14.4. The highest BCUT2D eigenvalue weighted by Crippen LogP contribution is 2.33. The van der Waals surface area contributed by atoms with Crippen LogP contribution in [-0.2, 0) is 6.42 Å². The maximum Gasteiger partial charge on any atom is 0.353 e. The van der Waals surface area contributed by atoms with Gasteiger partial charge in [-0.2, -0.15) is 0 Å². The normalized spacial score (nSPS) is 10.4. The average molecular weight is 350 g/mol. The molecule has 0 aliphatic rings. The standard InChI is InChI=1S/C18H18N6O2/c1-3-13-6-4-5-7-14(13)22-17-16(24(25)26)18(21-11-20-17)23-15-10-12(2)8-9-19-15/h4-11H,3H2,1-2H3,(H2,19,20,21,22,23). The van der Waals surface area contributed by atoms with Gasteiger partial charge in [0.1, 0.15) is 12.1 Å². The number of aromatic nitrogens is 3. The Labute approximate surface area is 150 Å². The lowest BCUT2D eigenvalue weighted by Crippen LogP contribution is -2.07. The summed E-state index contributed by atoms with van der Waals surface area (Å²) >= 11 is 0. The molecule has 0 atom stereocenters. The molecule has 0 saturated heterocycles. The molecular weight excluding hydrogens is 332 g/mol. The van der Waals surface area contributed by atoms with Crippen LogP contribution in [0.2, 0.25) is 0 Å². The highest BCUT2D eigenvalue weighted by Gasteiger charge is 2.24. The van der Waals surface area contributed by atoms with Crippen molar-refractivity contribution in [1.82, 2.24) is 15.0 Å². The first-order valence-electron chi connectivity index (χ1n) is 8.12. The zero-order valence-electron chi connectivity index (χ0n) is 14.4. The fourth-order valence-electron chi connectivity index (χ4n) is 2.54. The Morgan fingerprint density at radius 2 is 1.81 bits per heavy atom. The van der Waals surface area contributed by atoms with Gasteiger partial charge in [0, 0.05) is 11.9 Å². The molecule has 0 aliphatic carbocycles. The van der Waals surface area contributed by atoms with Crippen LogP contribution in [0.3, 0.4) is 0 Å². The smallest absolute Gasteiger partial charge is 0.334 e. The van der Waals surface area contributed by atoms with Crippen molar-refractivity contribution in [3.63, 3.8) is 0 Å². The zero-order chi connectivity index (χ0) is 18.5. The number of nitro groups is 1. The molecule has 0 spiro atoms. The quantitative estimate of drug-likeness (QED) is 0.508. The number of anilines is 4. The first-order chi connectivity index (χ1) is 12.6. The molecule has 0 aliphatic heterocycles. The second-order valence-corrected chi connectivity index (χ2v) is 5.66. The minimum atomic E-state index is -0.505. The van der Waals surface area contributed by atoms with E-state index in [1.165, 1.54) is 6.33 Å². The molecule has 26 heavy (non-hydrogen) atoms. The van der Waals surface area contributed by atoms with Crippen LogP contribution in [0.15, 0.2) is 48.9 Å². The Balaban J connectivity index is 2.00. The minimum Gasteiger partial charge on any atom is -0.334 e. The van der Waals surface area contributed by atoms with E-state index in [1.54, 1.807) is 12.3 Å². The van der Waals surface area contributed by atoms with E-state index in [0.29, 0.717) is 5.82 Å². The number of nitrogens with zero attached hydrogens (tertiary/aromatic N) is 4. The molecule has 3 aromatic rings. The number of para-hydroxylation sites is 1. The van der Waals surface area contributed by atoms with Gasteiger partial charge in [-0.05, 0) is 42.7 Å². The molecule has 0 amide bonds. The molecule has 0 radical (unpaired) electrons. The van der Waals surface area contributed by atoms with Crippen molar-refractivity contribution in [1.29, 1.82) is 0 Å². The predicted octanol–water partition coefficient (Wildman–Crippen LogP) is 4.14. The lowest BCUT2D eigenvalue weighted by atomic mass is 10.1. The van der Waals surface area contributed by atoms with E-state index in [4.69, 9.17) is 0 Å². The summed E-state index contributed by atoms with van der Waals surface area (Å²) in [5.74, 6) is 0.687. The van der Waals surface area contributed by atoms with Gasteiger partial charge in [-0.1, -0.05) is 25.1 Å². The monoisotopic (exact) mass is 350 g/mol. The van der Waals surface area contributed by atoms with Gasteiger partial charge in [-0.25, -0.2) is 15.0 Å². The van der Waals surface area contributed by atoms with Crippen LogP contribution in [0.1, 0.15) is 18.1 Å². The third kappa shape index (κ3) is 3.75. The fourth-order valence-corrected chi connectivity index (χ4v) is 2.54. The molecule has 2 N–H and O–H groups in total. The number of benzene rings is 1. The lowest BCUT2D eigenvalue weighted by molar-refractivity contribution is -0.383. The number of hydrogen-bond acceptors (Lipinski definition) is 7. The molecule has 2 aromatic heterocycles. The first kappa shape index (κ1) is 17.3. The van der Waals surface area contributed by atoms with Crippen LogP contribution in [-0.4, -0.2) is 19.9 Å². The summed E-state index contributed by atoms with van der Waals surface area (Å²) in [6.07, 6.45) is 3.70. The Bertz CT molecular complexity index is 944. The number of aryl methyl sites for hydroxylation is 2. The second kappa shape index (κ2) is 7.56. The molecule has 3 rings (SSSR count). The molecule has 8 nitrogen and oxygen atoms in total. The summed E-state index contributed by atoms with van der Waals surface area (Å²) in [7, 11) is 0. The van der Waals surface area contributed by atoms with E-state index in [1.807, 2.05) is 44.2 Å². The van der Waals surface area contributed by atoms with Crippen molar-refractivity contribution < 1.29 is 4.92 Å². The van der Waals surface area contributed by atoms with Crippen molar-refractivity contribution in [2.45, 2.75) is 20.3 Å². The molecular formula is C18H18N6O2. The van der Waals surface area contributed by atoms with Crippen LogP contribution < -0.4 is 10.6 Å². The summed E-state index contributed by atoms with van der Waals surface area (Å²) < 4.78 is 0. The van der Waals surface area contributed by atoms with Crippen LogP contribution in [0, 0.1) is 17.0 Å².